The molecule has 0 aliphatic rings. The van der Waals surface area contributed by atoms with Crippen molar-refractivity contribution in [2.45, 2.75) is 12.4 Å². The fourth-order valence-electron chi connectivity index (χ4n) is 1.11. The molecule has 1 aromatic rings. The number of hydrogen-bond acceptors (Lipinski definition) is 1. The van der Waals surface area contributed by atoms with Gasteiger partial charge in [0.2, 0.25) is 0 Å². The predicted octanol–water partition coefficient (Wildman–Crippen LogP) is 4.36. The highest BCUT2D eigenvalue weighted by Gasteiger charge is 2.39. The maximum atomic E-state index is 12.4. The molecule has 0 fully saturated rings. The summed E-state index contributed by atoms with van der Waals surface area (Å²) in [6.07, 6.45) is -9.93. The van der Waals surface area contributed by atoms with Crippen molar-refractivity contribution >= 4 is 15.9 Å². The molecule has 0 spiro atoms. The van der Waals surface area contributed by atoms with Gasteiger partial charge in [-0.25, -0.2) is 0 Å². The summed E-state index contributed by atoms with van der Waals surface area (Å²) in [5.41, 5.74) is -3.94. The van der Waals surface area contributed by atoms with Gasteiger partial charge in [0.15, 0.2) is 0 Å². The molecule has 0 heterocycles. The molecule has 0 radical (unpaired) electrons. The summed E-state index contributed by atoms with van der Waals surface area (Å²) in [7, 11) is 0. The van der Waals surface area contributed by atoms with E-state index in [-0.39, 0.29) is 6.07 Å². The zero-order valence-corrected chi connectivity index (χ0v) is 9.33. The van der Waals surface area contributed by atoms with Crippen molar-refractivity contribution in [2.75, 3.05) is 0 Å². The van der Waals surface area contributed by atoms with Gasteiger partial charge < -0.3 is 0 Å². The van der Waals surface area contributed by atoms with Crippen LogP contribution in [0, 0.1) is 11.3 Å². The van der Waals surface area contributed by atoms with Crippen molar-refractivity contribution in [3.05, 3.63) is 33.3 Å². The van der Waals surface area contributed by atoms with Crippen LogP contribution in [0.4, 0.5) is 26.3 Å². The Balaban J connectivity index is 3.58. The van der Waals surface area contributed by atoms with E-state index in [2.05, 4.69) is 15.9 Å². The summed E-state index contributed by atoms with van der Waals surface area (Å²) in [5, 5.41) is 8.50. The number of benzene rings is 1. The molecule has 0 amide bonds. The Morgan fingerprint density at radius 2 is 1.53 bits per heavy atom. The van der Waals surface area contributed by atoms with Gasteiger partial charge in [-0.15, -0.1) is 0 Å². The maximum Gasteiger partial charge on any atom is 0.417 e. The van der Waals surface area contributed by atoms with Crippen LogP contribution in [0.3, 0.4) is 0 Å². The zero-order valence-electron chi connectivity index (χ0n) is 7.75. The van der Waals surface area contributed by atoms with Gasteiger partial charge in [-0.05, 0) is 28.1 Å². The summed E-state index contributed by atoms with van der Waals surface area (Å²) in [6.45, 7) is 0. The van der Waals surface area contributed by atoms with Crippen LogP contribution in [0.15, 0.2) is 16.6 Å². The number of hydrogen-bond donors (Lipinski definition) is 0. The van der Waals surface area contributed by atoms with Crippen LogP contribution in [0.2, 0.25) is 0 Å². The molecule has 17 heavy (non-hydrogen) atoms. The highest BCUT2D eigenvalue weighted by Crippen LogP contribution is 2.39. The first-order valence-corrected chi connectivity index (χ1v) is 4.74. The van der Waals surface area contributed by atoms with Crippen molar-refractivity contribution in [1.29, 1.82) is 5.26 Å². The van der Waals surface area contributed by atoms with Crippen molar-refractivity contribution in [3.63, 3.8) is 0 Å². The first-order valence-electron chi connectivity index (χ1n) is 3.95. The molecule has 0 bridgehead atoms. The third-order valence-corrected chi connectivity index (χ3v) is 2.46. The lowest BCUT2D eigenvalue weighted by atomic mass is 10.0. The lowest BCUT2D eigenvalue weighted by molar-refractivity contribution is -0.143. The standard InChI is InChI=1S/C9H2BrF6N/c10-7-2-4(8(11,12)13)1-6(5(7)3-17)9(14,15)16/h1-2H. The fourth-order valence-corrected chi connectivity index (χ4v) is 1.66. The smallest absolute Gasteiger partial charge is 0.192 e. The molecule has 1 rings (SSSR count). The third kappa shape index (κ3) is 2.91. The number of halogens is 7. The summed E-state index contributed by atoms with van der Waals surface area (Å²) in [6, 6.07) is 1.57. The molecule has 0 aliphatic carbocycles. The SMILES string of the molecule is N#Cc1c(Br)cc(C(F)(F)F)cc1C(F)(F)F. The van der Waals surface area contributed by atoms with E-state index in [1.54, 1.807) is 0 Å². The van der Waals surface area contributed by atoms with E-state index in [0.717, 1.165) is 0 Å². The van der Waals surface area contributed by atoms with Gasteiger partial charge in [-0.1, -0.05) is 0 Å². The van der Waals surface area contributed by atoms with E-state index >= 15 is 0 Å². The second kappa shape index (κ2) is 4.22. The fraction of sp³-hybridized carbons (Fsp3) is 0.222. The normalized spacial score (nSPS) is 12.4. The van der Waals surface area contributed by atoms with Crippen LogP contribution in [-0.2, 0) is 12.4 Å². The Kier molecular flexibility index (Phi) is 3.43. The van der Waals surface area contributed by atoms with Gasteiger partial charge >= 0.3 is 12.4 Å². The number of nitrogens with zero attached hydrogens (tertiary/aromatic N) is 1. The monoisotopic (exact) mass is 317 g/mol. The molecule has 0 aliphatic heterocycles. The first-order chi connectivity index (χ1) is 7.57. The topological polar surface area (TPSA) is 23.8 Å². The van der Waals surface area contributed by atoms with Gasteiger partial charge in [-0.3, -0.25) is 0 Å². The molecular weight excluding hydrogens is 316 g/mol. The average molecular weight is 318 g/mol. The molecule has 8 heteroatoms. The quantitative estimate of drug-likeness (QED) is 0.652. The molecule has 0 aromatic heterocycles. The van der Waals surface area contributed by atoms with Crippen molar-refractivity contribution in [3.8, 4) is 6.07 Å². The highest BCUT2D eigenvalue weighted by atomic mass is 79.9. The largest absolute Gasteiger partial charge is 0.417 e. The van der Waals surface area contributed by atoms with E-state index < -0.39 is 33.5 Å². The van der Waals surface area contributed by atoms with Crippen LogP contribution >= 0.6 is 15.9 Å². The van der Waals surface area contributed by atoms with Crippen LogP contribution in [0.25, 0.3) is 0 Å². The second-order valence-corrected chi connectivity index (χ2v) is 3.84. The van der Waals surface area contributed by atoms with E-state index in [0.29, 0.717) is 6.07 Å². The summed E-state index contributed by atoms with van der Waals surface area (Å²) in [5.74, 6) is 0. The van der Waals surface area contributed by atoms with Crippen LogP contribution < -0.4 is 0 Å². The number of alkyl halides is 6. The molecule has 0 saturated carbocycles. The van der Waals surface area contributed by atoms with Gasteiger partial charge in [0.1, 0.15) is 6.07 Å². The molecule has 92 valence electrons. The summed E-state index contributed by atoms with van der Waals surface area (Å²) in [4.78, 5) is 0. The Bertz CT molecular complexity index is 482. The molecular formula is C9H2BrF6N. The minimum atomic E-state index is -5.02. The second-order valence-electron chi connectivity index (χ2n) is 2.99. The molecule has 0 unspecified atom stereocenters. The Morgan fingerprint density at radius 3 is 1.88 bits per heavy atom. The Morgan fingerprint density at radius 1 is 1.00 bits per heavy atom. The molecule has 0 N–H and O–H groups in total. The van der Waals surface area contributed by atoms with E-state index in [9.17, 15) is 26.3 Å². The molecule has 0 atom stereocenters. The molecule has 1 aromatic carbocycles. The highest BCUT2D eigenvalue weighted by molar-refractivity contribution is 9.10. The van der Waals surface area contributed by atoms with Crippen molar-refractivity contribution < 1.29 is 26.3 Å². The van der Waals surface area contributed by atoms with E-state index in [1.165, 1.54) is 6.07 Å². The molecule has 1 nitrogen and oxygen atoms in total. The van der Waals surface area contributed by atoms with Gasteiger partial charge in [-0.2, -0.15) is 31.6 Å². The Labute approximate surface area is 99.8 Å². The van der Waals surface area contributed by atoms with Crippen LogP contribution in [-0.4, -0.2) is 0 Å². The Hall–Kier alpha value is -1.23. The third-order valence-electron chi connectivity index (χ3n) is 1.83. The number of rotatable bonds is 0. The van der Waals surface area contributed by atoms with Crippen LogP contribution in [0.1, 0.15) is 16.7 Å². The van der Waals surface area contributed by atoms with Crippen LogP contribution in [0.5, 0.6) is 0 Å². The average Bonchev–Trinajstić information content (AvgIpc) is 2.13. The lowest BCUT2D eigenvalue weighted by Gasteiger charge is -2.14. The number of nitriles is 1. The van der Waals surface area contributed by atoms with Gasteiger partial charge in [0.05, 0.1) is 16.7 Å². The van der Waals surface area contributed by atoms with E-state index in [1.807, 2.05) is 0 Å². The predicted molar refractivity (Wildman–Crippen MR) is 48.9 cm³/mol. The lowest BCUT2D eigenvalue weighted by Crippen LogP contribution is -2.13. The minimum absolute atomic E-state index is 0.0800. The zero-order chi connectivity index (χ0) is 13.4. The molecule has 0 saturated heterocycles. The maximum absolute atomic E-state index is 12.4. The van der Waals surface area contributed by atoms with Crippen molar-refractivity contribution in [2.24, 2.45) is 0 Å². The van der Waals surface area contributed by atoms with Gasteiger partial charge in [0.25, 0.3) is 0 Å². The van der Waals surface area contributed by atoms with Crippen molar-refractivity contribution in [1.82, 2.24) is 0 Å². The van der Waals surface area contributed by atoms with Gasteiger partial charge in [0, 0.05) is 4.47 Å². The van der Waals surface area contributed by atoms with E-state index in [4.69, 9.17) is 5.26 Å². The summed E-state index contributed by atoms with van der Waals surface area (Å²) < 4.78 is 73.7. The first kappa shape index (κ1) is 13.8. The summed E-state index contributed by atoms with van der Waals surface area (Å²) >= 11 is 2.52. The minimum Gasteiger partial charge on any atom is -0.192 e.